The fourth-order valence-corrected chi connectivity index (χ4v) is 1.54. The molecule has 0 aliphatic carbocycles. The number of piperidine rings is 1. The molecule has 2 unspecified atom stereocenters. The summed E-state index contributed by atoms with van der Waals surface area (Å²) in [7, 11) is 0. The first kappa shape index (κ1) is 10.0. The molecule has 0 radical (unpaired) electrons. The van der Waals surface area contributed by atoms with Gasteiger partial charge in [-0.15, -0.1) is 0 Å². The van der Waals surface area contributed by atoms with E-state index in [2.05, 4.69) is 24.5 Å². The summed E-state index contributed by atoms with van der Waals surface area (Å²) in [6.45, 7) is 8.12. The summed E-state index contributed by atoms with van der Waals surface area (Å²) in [5.41, 5.74) is 0. The minimum absolute atomic E-state index is 0.729. The van der Waals surface area contributed by atoms with Gasteiger partial charge < -0.3 is 10.6 Å². The fraction of sp³-hybridized carbons (Fsp3) is 1.00. The van der Waals surface area contributed by atoms with Crippen molar-refractivity contribution in [1.82, 2.24) is 10.6 Å². The van der Waals surface area contributed by atoms with Crippen LogP contribution in [0.4, 0.5) is 0 Å². The molecule has 1 aliphatic rings. The van der Waals surface area contributed by atoms with Crippen LogP contribution in [0.5, 0.6) is 0 Å². The zero-order valence-electron chi connectivity index (χ0n) is 8.40. The van der Waals surface area contributed by atoms with E-state index in [1.165, 1.54) is 32.4 Å². The van der Waals surface area contributed by atoms with Crippen molar-refractivity contribution in [3.05, 3.63) is 0 Å². The number of rotatable bonds is 4. The minimum Gasteiger partial charge on any atom is -0.315 e. The van der Waals surface area contributed by atoms with Crippen LogP contribution in [0.2, 0.25) is 0 Å². The lowest BCUT2D eigenvalue weighted by molar-refractivity contribution is 0.364. The second-order valence-corrected chi connectivity index (χ2v) is 3.96. The van der Waals surface area contributed by atoms with Crippen LogP contribution in [0.1, 0.15) is 33.1 Å². The lowest BCUT2D eigenvalue weighted by Gasteiger charge is -2.25. The molecule has 0 aromatic heterocycles. The highest BCUT2D eigenvalue weighted by Gasteiger charge is 2.12. The maximum absolute atomic E-state index is 3.61. The topological polar surface area (TPSA) is 24.1 Å². The molecule has 12 heavy (non-hydrogen) atoms. The normalized spacial score (nSPS) is 27.0. The van der Waals surface area contributed by atoms with E-state index in [0.717, 1.165) is 18.5 Å². The van der Waals surface area contributed by atoms with E-state index >= 15 is 0 Å². The van der Waals surface area contributed by atoms with Crippen molar-refractivity contribution in [1.29, 1.82) is 0 Å². The standard InChI is InChI=1S/C10H22N2/c1-3-9(2)7-12-10-5-4-6-11-8-10/h9-12H,3-8H2,1-2H3. The van der Waals surface area contributed by atoms with E-state index in [9.17, 15) is 0 Å². The van der Waals surface area contributed by atoms with Gasteiger partial charge in [0, 0.05) is 12.6 Å². The number of nitrogens with one attached hydrogen (secondary N) is 2. The van der Waals surface area contributed by atoms with E-state index in [4.69, 9.17) is 0 Å². The fourth-order valence-electron chi connectivity index (χ4n) is 1.54. The van der Waals surface area contributed by atoms with Crippen LogP contribution in [0.25, 0.3) is 0 Å². The lowest BCUT2D eigenvalue weighted by atomic mass is 10.1. The Hall–Kier alpha value is -0.0800. The Labute approximate surface area is 76.1 Å². The van der Waals surface area contributed by atoms with Crippen molar-refractivity contribution >= 4 is 0 Å². The third kappa shape index (κ3) is 3.55. The maximum atomic E-state index is 3.61. The second kappa shape index (κ2) is 5.55. The summed E-state index contributed by atoms with van der Waals surface area (Å²) in [6, 6.07) is 0.729. The third-order valence-corrected chi connectivity index (χ3v) is 2.75. The van der Waals surface area contributed by atoms with Gasteiger partial charge in [-0.2, -0.15) is 0 Å². The molecule has 2 heteroatoms. The average Bonchev–Trinajstić information content (AvgIpc) is 2.16. The van der Waals surface area contributed by atoms with Crippen molar-refractivity contribution in [3.8, 4) is 0 Å². The SMILES string of the molecule is CCC(C)CNC1CCCNC1. The molecular weight excluding hydrogens is 148 g/mol. The van der Waals surface area contributed by atoms with Crippen LogP contribution < -0.4 is 10.6 Å². The molecule has 0 amide bonds. The van der Waals surface area contributed by atoms with Crippen molar-refractivity contribution in [3.63, 3.8) is 0 Å². The molecule has 2 nitrogen and oxygen atoms in total. The van der Waals surface area contributed by atoms with Crippen molar-refractivity contribution in [2.75, 3.05) is 19.6 Å². The Kier molecular flexibility index (Phi) is 4.62. The molecule has 1 heterocycles. The van der Waals surface area contributed by atoms with E-state index in [0.29, 0.717) is 0 Å². The van der Waals surface area contributed by atoms with E-state index in [-0.39, 0.29) is 0 Å². The summed E-state index contributed by atoms with van der Waals surface area (Å²) >= 11 is 0. The monoisotopic (exact) mass is 170 g/mol. The quantitative estimate of drug-likeness (QED) is 0.666. The van der Waals surface area contributed by atoms with Crippen LogP contribution in [-0.2, 0) is 0 Å². The molecule has 1 fully saturated rings. The molecule has 1 aliphatic heterocycles. The van der Waals surface area contributed by atoms with Gasteiger partial charge in [0.15, 0.2) is 0 Å². The smallest absolute Gasteiger partial charge is 0.0193 e. The van der Waals surface area contributed by atoms with Crippen molar-refractivity contribution < 1.29 is 0 Å². The van der Waals surface area contributed by atoms with E-state index in [1.807, 2.05) is 0 Å². The molecule has 72 valence electrons. The molecule has 0 aromatic rings. The van der Waals surface area contributed by atoms with Gasteiger partial charge in [-0.05, 0) is 31.8 Å². The number of hydrogen-bond acceptors (Lipinski definition) is 2. The van der Waals surface area contributed by atoms with Gasteiger partial charge in [0.25, 0.3) is 0 Å². The van der Waals surface area contributed by atoms with Gasteiger partial charge in [-0.1, -0.05) is 20.3 Å². The Morgan fingerprint density at radius 1 is 1.58 bits per heavy atom. The third-order valence-electron chi connectivity index (χ3n) is 2.75. The van der Waals surface area contributed by atoms with Crippen LogP contribution in [0, 0.1) is 5.92 Å². The van der Waals surface area contributed by atoms with Gasteiger partial charge in [0.2, 0.25) is 0 Å². The summed E-state index contributed by atoms with van der Waals surface area (Å²) in [5.74, 6) is 0.826. The van der Waals surface area contributed by atoms with Gasteiger partial charge >= 0.3 is 0 Å². The second-order valence-electron chi connectivity index (χ2n) is 3.96. The zero-order chi connectivity index (χ0) is 8.81. The highest BCUT2D eigenvalue weighted by atomic mass is 15.0. The molecule has 0 bridgehead atoms. The first-order valence-corrected chi connectivity index (χ1v) is 5.27. The predicted molar refractivity (Wildman–Crippen MR) is 53.3 cm³/mol. The van der Waals surface area contributed by atoms with Gasteiger partial charge in [-0.25, -0.2) is 0 Å². The highest BCUT2D eigenvalue weighted by Crippen LogP contribution is 2.03. The van der Waals surface area contributed by atoms with Gasteiger partial charge in [0.1, 0.15) is 0 Å². The molecule has 1 rings (SSSR count). The van der Waals surface area contributed by atoms with Gasteiger partial charge in [-0.3, -0.25) is 0 Å². The molecule has 0 aromatic carbocycles. The lowest BCUT2D eigenvalue weighted by Crippen LogP contribution is -2.44. The molecular formula is C10H22N2. The first-order valence-electron chi connectivity index (χ1n) is 5.27. The Morgan fingerprint density at radius 3 is 3.00 bits per heavy atom. The molecule has 2 N–H and O–H groups in total. The van der Waals surface area contributed by atoms with Crippen LogP contribution >= 0.6 is 0 Å². The Morgan fingerprint density at radius 2 is 2.42 bits per heavy atom. The van der Waals surface area contributed by atoms with Crippen molar-refractivity contribution in [2.45, 2.75) is 39.2 Å². The molecule has 1 saturated heterocycles. The zero-order valence-corrected chi connectivity index (χ0v) is 8.40. The summed E-state index contributed by atoms with van der Waals surface area (Å²) in [5, 5.41) is 7.02. The Balaban J connectivity index is 2.05. The molecule has 0 saturated carbocycles. The predicted octanol–water partition coefficient (Wildman–Crippen LogP) is 1.37. The summed E-state index contributed by atoms with van der Waals surface area (Å²) in [4.78, 5) is 0. The highest BCUT2D eigenvalue weighted by molar-refractivity contribution is 4.75. The summed E-state index contributed by atoms with van der Waals surface area (Å²) < 4.78 is 0. The minimum atomic E-state index is 0.729. The van der Waals surface area contributed by atoms with Crippen LogP contribution in [0.3, 0.4) is 0 Å². The molecule has 2 atom stereocenters. The maximum Gasteiger partial charge on any atom is 0.0193 e. The van der Waals surface area contributed by atoms with Crippen molar-refractivity contribution in [2.24, 2.45) is 5.92 Å². The van der Waals surface area contributed by atoms with Crippen LogP contribution in [0.15, 0.2) is 0 Å². The first-order chi connectivity index (χ1) is 5.83. The number of hydrogen-bond donors (Lipinski definition) is 2. The molecule has 0 spiro atoms. The van der Waals surface area contributed by atoms with E-state index < -0.39 is 0 Å². The van der Waals surface area contributed by atoms with Gasteiger partial charge in [0.05, 0.1) is 0 Å². The average molecular weight is 170 g/mol. The van der Waals surface area contributed by atoms with E-state index in [1.54, 1.807) is 0 Å². The summed E-state index contributed by atoms with van der Waals surface area (Å²) in [6.07, 6.45) is 3.97. The largest absolute Gasteiger partial charge is 0.315 e. The van der Waals surface area contributed by atoms with Crippen LogP contribution in [-0.4, -0.2) is 25.7 Å². The Bertz CT molecular complexity index is 108.